The molecule has 2 aromatic carbocycles. The number of para-hydroxylation sites is 1. The molecular formula is C22H19BrN6O2. The van der Waals surface area contributed by atoms with Crippen LogP contribution < -0.4 is 10.2 Å². The zero-order valence-electron chi connectivity index (χ0n) is 16.9. The molecule has 0 spiro atoms. The van der Waals surface area contributed by atoms with Gasteiger partial charge in [0.2, 0.25) is 5.82 Å². The first-order valence-corrected chi connectivity index (χ1v) is 10.3. The lowest BCUT2D eigenvalue weighted by atomic mass is 10.2. The number of carbonyl (C=O) groups excluding carboxylic acids is 1. The summed E-state index contributed by atoms with van der Waals surface area (Å²) in [4.78, 5) is 20.9. The average molecular weight is 479 g/mol. The minimum Gasteiger partial charge on any atom is -0.488 e. The number of carbonyl (C=O) groups is 1. The molecule has 4 rings (SSSR count). The molecule has 0 saturated carbocycles. The highest BCUT2D eigenvalue weighted by Crippen LogP contribution is 2.19. The fourth-order valence-corrected chi connectivity index (χ4v) is 3.43. The Morgan fingerprint density at radius 2 is 2.00 bits per heavy atom. The molecule has 1 N–H and O–H groups in total. The van der Waals surface area contributed by atoms with Gasteiger partial charge in [-0.15, -0.1) is 5.10 Å². The molecule has 31 heavy (non-hydrogen) atoms. The lowest BCUT2D eigenvalue weighted by Gasteiger charge is -2.09. The summed E-state index contributed by atoms with van der Waals surface area (Å²) in [7, 11) is 0. The van der Waals surface area contributed by atoms with Gasteiger partial charge >= 0.3 is 5.91 Å². The van der Waals surface area contributed by atoms with Gasteiger partial charge < -0.3 is 4.74 Å². The molecule has 0 bridgehead atoms. The zero-order valence-corrected chi connectivity index (χ0v) is 18.5. The quantitative estimate of drug-likeness (QED) is 0.335. The predicted octanol–water partition coefficient (Wildman–Crippen LogP) is 3.85. The molecule has 0 fully saturated rings. The van der Waals surface area contributed by atoms with Crippen LogP contribution in [0, 0.1) is 13.8 Å². The molecule has 1 amide bonds. The lowest BCUT2D eigenvalue weighted by Crippen LogP contribution is -2.19. The van der Waals surface area contributed by atoms with Crippen molar-refractivity contribution >= 4 is 33.8 Å². The maximum Gasteiger partial charge on any atom is 0.311 e. The maximum atomic E-state index is 12.4. The van der Waals surface area contributed by atoms with Crippen LogP contribution in [0.2, 0.25) is 0 Å². The van der Waals surface area contributed by atoms with Crippen LogP contribution in [0.1, 0.15) is 33.1 Å². The van der Waals surface area contributed by atoms with Crippen LogP contribution >= 0.6 is 15.9 Å². The Kier molecular flexibility index (Phi) is 6.03. The van der Waals surface area contributed by atoms with Gasteiger partial charge in [-0.1, -0.05) is 40.2 Å². The highest BCUT2D eigenvalue weighted by Gasteiger charge is 2.14. The Hall–Kier alpha value is -3.59. The molecule has 4 aromatic rings. The largest absolute Gasteiger partial charge is 0.488 e. The van der Waals surface area contributed by atoms with Crippen LogP contribution in [0.15, 0.2) is 64.2 Å². The predicted molar refractivity (Wildman–Crippen MR) is 120 cm³/mol. The highest BCUT2D eigenvalue weighted by atomic mass is 79.9. The van der Waals surface area contributed by atoms with E-state index in [-0.39, 0.29) is 5.82 Å². The van der Waals surface area contributed by atoms with E-state index in [1.54, 1.807) is 0 Å². The van der Waals surface area contributed by atoms with Gasteiger partial charge in [0, 0.05) is 21.4 Å². The van der Waals surface area contributed by atoms with E-state index in [4.69, 9.17) is 4.74 Å². The molecule has 2 heterocycles. The Bertz CT molecular complexity index is 1280. The van der Waals surface area contributed by atoms with Crippen molar-refractivity contribution < 1.29 is 9.53 Å². The minimum atomic E-state index is -0.522. The summed E-state index contributed by atoms with van der Waals surface area (Å²) in [6, 6.07) is 17.2. The fourth-order valence-electron chi connectivity index (χ4n) is 2.98. The van der Waals surface area contributed by atoms with E-state index in [1.165, 1.54) is 10.7 Å². The van der Waals surface area contributed by atoms with Crippen LogP contribution in [0.3, 0.4) is 0 Å². The monoisotopic (exact) mass is 478 g/mol. The van der Waals surface area contributed by atoms with Crippen molar-refractivity contribution in [1.29, 1.82) is 0 Å². The molecule has 8 nitrogen and oxygen atoms in total. The Morgan fingerprint density at radius 3 is 2.84 bits per heavy atom. The number of halogens is 1. The number of fused-ring (bicyclic) bond motifs is 1. The van der Waals surface area contributed by atoms with E-state index in [0.29, 0.717) is 18.1 Å². The topological polar surface area (TPSA) is 93.8 Å². The zero-order chi connectivity index (χ0) is 21.8. The van der Waals surface area contributed by atoms with E-state index in [0.717, 1.165) is 27.0 Å². The number of aromatic nitrogens is 4. The normalized spacial score (nSPS) is 11.2. The Balaban J connectivity index is 1.44. The van der Waals surface area contributed by atoms with Crippen molar-refractivity contribution in [2.75, 3.05) is 0 Å². The number of aryl methyl sites for hydroxylation is 2. The van der Waals surface area contributed by atoms with Gasteiger partial charge in [-0.25, -0.2) is 14.9 Å². The van der Waals surface area contributed by atoms with Gasteiger partial charge in [0.1, 0.15) is 12.4 Å². The number of hydrogen-bond donors (Lipinski definition) is 1. The van der Waals surface area contributed by atoms with Gasteiger partial charge in [-0.05, 0) is 49.7 Å². The highest BCUT2D eigenvalue weighted by molar-refractivity contribution is 9.10. The Morgan fingerprint density at radius 1 is 1.16 bits per heavy atom. The van der Waals surface area contributed by atoms with Gasteiger partial charge in [0.05, 0.1) is 6.21 Å². The first kappa shape index (κ1) is 20.7. The molecule has 0 aliphatic heterocycles. The molecule has 0 saturated heterocycles. The number of nitrogens with zero attached hydrogens (tertiary/aromatic N) is 5. The number of rotatable bonds is 6. The van der Waals surface area contributed by atoms with Crippen molar-refractivity contribution in [1.82, 2.24) is 25.0 Å². The number of ether oxygens (including phenoxy) is 1. The van der Waals surface area contributed by atoms with Crippen molar-refractivity contribution in [3.8, 4) is 5.75 Å². The van der Waals surface area contributed by atoms with Gasteiger partial charge in [-0.2, -0.15) is 10.1 Å². The molecule has 9 heteroatoms. The number of benzene rings is 2. The van der Waals surface area contributed by atoms with Gasteiger partial charge in [0.15, 0.2) is 0 Å². The van der Waals surface area contributed by atoms with Crippen LogP contribution in [0.4, 0.5) is 0 Å². The number of hydrogen-bond acceptors (Lipinski definition) is 6. The third-order valence-electron chi connectivity index (χ3n) is 4.39. The number of amides is 1. The van der Waals surface area contributed by atoms with Crippen molar-refractivity contribution in [2.45, 2.75) is 20.5 Å². The third-order valence-corrected chi connectivity index (χ3v) is 4.89. The third kappa shape index (κ3) is 4.95. The van der Waals surface area contributed by atoms with Gasteiger partial charge in [0.25, 0.3) is 5.78 Å². The van der Waals surface area contributed by atoms with Gasteiger partial charge in [-0.3, -0.25) is 4.79 Å². The second kappa shape index (κ2) is 9.05. The van der Waals surface area contributed by atoms with E-state index in [2.05, 4.69) is 41.5 Å². The summed E-state index contributed by atoms with van der Waals surface area (Å²) in [6.45, 7) is 4.15. The molecular weight excluding hydrogens is 460 g/mol. The molecule has 0 unspecified atom stereocenters. The summed E-state index contributed by atoms with van der Waals surface area (Å²) in [6.07, 6.45) is 1.53. The van der Waals surface area contributed by atoms with E-state index >= 15 is 0 Å². The summed E-state index contributed by atoms with van der Waals surface area (Å²) in [5.41, 5.74) is 5.87. The molecule has 0 aliphatic rings. The second-order valence-corrected chi connectivity index (χ2v) is 7.76. The average Bonchev–Trinajstić information content (AvgIpc) is 3.18. The number of nitrogens with one attached hydrogen (secondary N) is 1. The second-order valence-electron chi connectivity index (χ2n) is 6.84. The van der Waals surface area contributed by atoms with E-state index in [9.17, 15) is 4.79 Å². The Labute approximate surface area is 187 Å². The summed E-state index contributed by atoms with van der Waals surface area (Å²) < 4.78 is 8.44. The van der Waals surface area contributed by atoms with Crippen molar-refractivity contribution in [3.63, 3.8) is 0 Å². The van der Waals surface area contributed by atoms with E-state index < -0.39 is 5.91 Å². The van der Waals surface area contributed by atoms with Crippen molar-refractivity contribution in [3.05, 3.63) is 87.4 Å². The summed E-state index contributed by atoms with van der Waals surface area (Å²) in [5, 5.41) is 8.23. The van der Waals surface area contributed by atoms with Crippen molar-refractivity contribution in [2.24, 2.45) is 5.10 Å². The van der Waals surface area contributed by atoms with Crippen LogP contribution in [-0.2, 0) is 6.61 Å². The molecule has 0 aliphatic carbocycles. The van der Waals surface area contributed by atoms with Crippen LogP contribution in [0.25, 0.3) is 5.78 Å². The van der Waals surface area contributed by atoms with E-state index in [1.807, 2.05) is 68.4 Å². The SMILES string of the molecule is Cc1cc(C)n2nc(C(=O)N/N=C/c3ccccc3OCc3cccc(Br)c3)nc2n1. The maximum absolute atomic E-state index is 12.4. The molecule has 156 valence electrons. The minimum absolute atomic E-state index is 0.00228. The molecule has 2 aromatic heterocycles. The standard InChI is InChI=1S/C22H19BrN6O2/c1-14-10-15(2)29-22(25-14)26-20(28-29)21(30)27-24-12-17-7-3-4-9-19(17)31-13-16-6-5-8-18(23)11-16/h3-12H,13H2,1-2H3,(H,27,30)/b24-12+. The summed E-state index contributed by atoms with van der Waals surface area (Å²) in [5.74, 6) is 0.503. The lowest BCUT2D eigenvalue weighted by molar-refractivity contribution is 0.0945. The first-order chi connectivity index (χ1) is 15.0. The smallest absolute Gasteiger partial charge is 0.311 e. The summed E-state index contributed by atoms with van der Waals surface area (Å²) >= 11 is 3.46. The number of hydrazone groups is 1. The van der Waals surface area contributed by atoms with Crippen LogP contribution in [0.5, 0.6) is 5.75 Å². The molecule has 0 atom stereocenters. The fraction of sp³-hybridized carbons (Fsp3) is 0.136. The van der Waals surface area contributed by atoms with Crippen LogP contribution in [-0.4, -0.2) is 31.7 Å². The molecule has 0 radical (unpaired) electrons. The first-order valence-electron chi connectivity index (χ1n) is 9.50.